The maximum absolute atomic E-state index is 12.6. The highest BCUT2D eigenvalue weighted by atomic mass is 31.2. The minimum Gasteiger partial charge on any atom is -0.756 e. The molecule has 10 heteroatoms. The number of hydrogen-bond donors (Lipinski definition) is 0. The molecule has 2 atom stereocenters. The van der Waals surface area contributed by atoms with Crippen molar-refractivity contribution < 1.29 is 42.1 Å². The molecule has 0 spiro atoms. The van der Waals surface area contributed by atoms with Crippen LogP contribution in [0.2, 0.25) is 0 Å². The van der Waals surface area contributed by atoms with Crippen LogP contribution in [0.3, 0.4) is 0 Å². The summed E-state index contributed by atoms with van der Waals surface area (Å²) in [7, 11) is 1.17. The maximum Gasteiger partial charge on any atom is 0.306 e. The van der Waals surface area contributed by atoms with Gasteiger partial charge in [-0.3, -0.25) is 14.2 Å². The minimum absolute atomic E-state index is 0.0292. The Morgan fingerprint density at radius 3 is 1.54 bits per heavy atom. The first kappa shape index (κ1) is 46.8. The summed E-state index contributed by atoms with van der Waals surface area (Å²) in [5.41, 5.74) is 0. The second kappa shape index (κ2) is 31.7. The zero-order valence-electron chi connectivity index (χ0n) is 31.7. The number of rotatable bonds is 35. The minimum atomic E-state index is -4.61. The van der Waals surface area contributed by atoms with Crippen molar-refractivity contribution in [3.8, 4) is 0 Å². The largest absolute Gasteiger partial charge is 0.756 e. The van der Waals surface area contributed by atoms with Gasteiger partial charge in [0.2, 0.25) is 0 Å². The predicted octanol–water partition coefficient (Wildman–Crippen LogP) is 9.61. The Morgan fingerprint density at radius 1 is 0.625 bits per heavy atom. The predicted molar refractivity (Wildman–Crippen MR) is 195 cm³/mol. The number of hydrogen-bond acceptors (Lipinski definition) is 8. The summed E-state index contributed by atoms with van der Waals surface area (Å²) in [5, 5.41) is 0. The molecule has 0 aromatic rings. The fourth-order valence-corrected chi connectivity index (χ4v) is 5.91. The lowest BCUT2D eigenvalue weighted by atomic mass is 10.1. The van der Waals surface area contributed by atoms with Crippen LogP contribution in [-0.4, -0.2) is 70.0 Å². The van der Waals surface area contributed by atoms with Gasteiger partial charge < -0.3 is 27.9 Å². The molecule has 0 saturated carbocycles. The Labute approximate surface area is 295 Å². The molecule has 0 heterocycles. The summed E-state index contributed by atoms with van der Waals surface area (Å²) >= 11 is 0. The Hall–Kier alpha value is -1.25. The molecule has 0 bridgehead atoms. The fraction of sp³-hybridized carbons (Fsp3) is 0.895. The number of carbonyl (C=O) groups is 2. The standard InChI is InChI=1S/C38H74NO8P/c1-6-8-10-12-14-15-16-17-18-19-20-21-22-23-25-27-29-31-38(41)47-36(35-46-48(42,43)45-33-32-39(3,4)5)34-44-37(40)30-28-26-24-13-11-9-7-2/h17-18,36H,6-16,19-35H2,1-5H3/b18-17-. The monoisotopic (exact) mass is 704 g/mol. The van der Waals surface area contributed by atoms with E-state index in [1.807, 2.05) is 21.1 Å². The third kappa shape index (κ3) is 34.6. The molecular formula is C38H74NO8P. The first-order valence-corrected chi connectivity index (χ1v) is 20.9. The smallest absolute Gasteiger partial charge is 0.306 e. The van der Waals surface area contributed by atoms with Crippen molar-refractivity contribution in [1.29, 1.82) is 0 Å². The number of ether oxygens (including phenoxy) is 2. The summed E-state index contributed by atoms with van der Waals surface area (Å²) in [6, 6.07) is 0. The van der Waals surface area contributed by atoms with Crippen LogP contribution in [0, 0.1) is 0 Å². The van der Waals surface area contributed by atoms with E-state index in [-0.39, 0.29) is 26.1 Å². The van der Waals surface area contributed by atoms with E-state index in [0.29, 0.717) is 17.4 Å². The number of esters is 2. The number of nitrogens with zero attached hydrogens (tertiary/aromatic N) is 1. The van der Waals surface area contributed by atoms with Crippen molar-refractivity contribution in [3.05, 3.63) is 12.2 Å². The van der Waals surface area contributed by atoms with Crippen molar-refractivity contribution in [2.24, 2.45) is 0 Å². The number of unbranched alkanes of at least 4 members (excludes halogenated alkanes) is 19. The Kier molecular flexibility index (Phi) is 30.9. The Bertz CT molecular complexity index is 845. The van der Waals surface area contributed by atoms with Crippen LogP contribution in [0.4, 0.5) is 0 Å². The van der Waals surface area contributed by atoms with Crippen molar-refractivity contribution >= 4 is 19.8 Å². The molecule has 0 rings (SSSR count). The number of phosphoric acid groups is 1. The van der Waals surface area contributed by atoms with E-state index in [4.69, 9.17) is 18.5 Å². The van der Waals surface area contributed by atoms with E-state index in [9.17, 15) is 19.0 Å². The normalized spacial score (nSPS) is 13.9. The van der Waals surface area contributed by atoms with E-state index in [0.717, 1.165) is 44.9 Å². The van der Waals surface area contributed by atoms with Gasteiger partial charge in [0.25, 0.3) is 7.82 Å². The summed E-state index contributed by atoms with van der Waals surface area (Å²) in [6.07, 6.45) is 29.7. The van der Waals surface area contributed by atoms with E-state index in [1.165, 1.54) is 89.9 Å². The van der Waals surface area contributed by atoms with Gasteiger partial charge in [0.05, 0.1) is 27.7 Å². The van der Waals surface area contributed by atoms with Gasteiger partial charge >= 0.3 is 11.9 Å². The van der Waals surface area contributed by atoms with Crippen molar-refractivity contribution in [2.75, 3.05) is 47.5 Å². The van der Waals surface area contributed by atoms with Crippen LogP contribution < -0.4 is 4.89 Å². The zero-order chi connectivity index (χ0) is 35.8. The van der Waals surface area contributed by atoms with Crippen LogP contribution in [0.1, 0.15) is 168 Å². The Balaban J connectivity index is 4.33. The third-order valence-electron chi connectivity index (χ3n) is 8.29. The summed E-state index contributed by atoms with van der Waals surface area (Å²) in [4.78, 5) is 37.2. The van der Waals surface area contributed by atoms with Crippen LogP contribution in [0.5, 0.6) is 0 Å². The van der Waals surface area contributed by atoms with Gasteiger partial charge in [-0.05, 0) is 38.5 Å². The molecule has 284 valence electrons. The first-order chi connectivity index (χ1) is 23.0. The SMILES string of the molecule is CCCCCCCC/C=C\CCCCCCCCCC(=O)OC(COC(=O)CCCCCCCCC)COP(=O)([O-])OCC[N+](C)(C)C. The zero-order valence-corrected chi connectivity index (χ0v) is 32.6. The molecule has 2 unspecified atom stereocenters. The number of phosphoric ester groups is 1. The molecule has 0 saturated heterocycles. The van der Waals surface area contributed by atoms with Crippen molar-refractivity contribution in [3.63, 3.8) is 0 Å². The second-order valence-electron chi connectivity index (χ2n) is 14.3. The third-order valence-corrected chi connectivity index (χ3v) is 9.25. The summed E-state index contributed by atoms with van der Waals surface area (Å²) < 4.78 is 33.6. The highest BCUT2D eigenvalue weighted by molar-refractivity contribution is 7.45. The van der Waals surface area contributed by atoms with Crippen LogP contribution in [-0.2, 0) is 32.7 Å². The van der Waals surface area contributed by atoms with Gasteiger partial charge in [0.1, 0.15) is 19.8 Å². The average Bonchev–Trinajstić information content (AvgIpc) is 3.02. The highest BCUT2D eigenvalue weighted by Crippen LogP contribution is 2.38. The summed E-state index contributed by atoms with van der Waals surface area (Å²) in [5.74, 6) is -0.843. The highest BCUT2D eigenvalue weighted by Gasteiger charge is 2.21. The van der Waals surface area contributed by atoms with Crippen molar-refractivity contribution in [1.82, 2.24) is 0 Å². The van der Waals surface area contributed by atoms with Gasteiger partial charge in [-0.2, -0.15) is 0 Å². The number of allylic oxidation sites excluding steroid dienone is 2. The fourth-order valence-electron chi connectivity index (χ4n) is 5.18. The van der Waals surface area contributed by atoms with Gasteiger partial charge in [-0.1, -0.05) is 129 Å². The molecule has 9 nitrogen and oxygen atoms in total. The number of quaternary nitrogens is 1. The molecule has 0 amide bonds. The van der Waals surface area contributed by atoms with E-state index in [1.54, 1.807) is 0 Å². The first-order valence-electron chi connectivity index (χ1n) is 19.4. The molecule has 0 fully saturated rings. The molecule has 0 aromatic carbocycles. The van der Waals surface area contributed by atoms with Crippen LogP contribution in [0.25, 0.3) is 0 Å². The van der Waals surface area contributed by atoms with Crippen LogP contribution in [0.15, 0.2) is 12.2 Å². The lowest BCUT2D eigenvalue weighted by Crippen LogP contribution is -2.37. The topological polar surface area (TPSA) is 111 Å². The van der Waals surface area contributed by atoms with E-state index >= 15 is 0 Å². The summed E-state index contributed by atoms with van der Waals surface area (Å²) in [6.45, 7) is 4.16. The van der Waals surface area contributed by atoms with Gasteiger partial charge in [-0.25, -0.2) is 0 Å². The number of likely N-dealkylation sites (N-methyl/N-ethyl adjacent to an activating group) is 1. The van der Waals surface area contributed by atoms with E-state index in [2.05, 4.69) is 26.0 Å². The maximum atomic E-state index is 12.6. The molecule has 0 N–H and O–H groups in total. The number of carbonyl (C=O) groups excluding carboxylic acids is 2. The average molecular weight is 704 g/mol. The quantitative estimate of drug-likeness (QED) is 0.0211. The Morgan fingerprint density at radius 2 is 1.06 bits per heavy atom. The van der Waals surface area contributed by atoms with E-state index < -0.39 is 32.5 Å². The molecule has 0 radical (unpaired) electrons. The molecule has 0 aliphatic carbocycles. The second-order valence-corrected chi connectivity index (χ2v) is 15.7. The molecule has 0 aromatic heterocycles. The lowest BCUT2D eigenvalue weighted by molar-refractivity contribution is -0.870. The molecular weight excluding hydrogens is 629 g/mol. The molecule has 48 heavy (non-hydrogen) atoms. The molecule has 0 aliphatic rings. The lowest BCUT2D eigenvalue weighted by Gasteiger charge is -2.28. The molecule has 0 aliphatic heterocycles. The van der Waals surface area contributed by atoms with Crippen LogP contribution >= 0.6 is 7.82 Å². The van der Waals surface area contributed by atoms with Crippen molar-refractivity contribution in [2.45, 2.75) is 174 Å². The van der Waals surface area contributed by atoms with Gasteiger partial charge in [0.15, 0.2) is 6.10 Å². The van der Waals surface area contributed by atoms with Gasteiger partial charge in [-0.15, -0.1) is 0 Å². The van der Waals surface area contributed by atoms with Gasteiger partial charge in [0, 0.05) is 12.8 Å².